The first-order valence-corrected chi connectivity index (χ1v) is 6.20. The third kappa shape index (κ3) is 2.69. The van der Waals surface area contributed by atoms with Gasteiger partial charge in [-0.1, -0.05) is 11.6 Å². The third-order valence-corrected chi connectivity index (χ3v) is 3.89. The van der Waals surface area contributed by atoms with E-state index in [9.17, 15) is 0 Å². The number of nitrogens with two attached hydrogens (primary N) is 1. The molecule has 3 heteroatoms. The second-order valence-electron chi connectivity index (χ2n) is 4.85. The average Bonchev–Trinajstić information content (AvgIpc) is 3.08. The van der Waals surface area contributed by atoms with Crippen molar-refractivity contribution in [2.75, 3.05) is 25.0 Å². The molecule has 1 aromatic rings. The molecule has 1 fully saturated rings. The maximum absolute atomic E-state index is 5.86. The largest absolute Gasteiger partial charge is 0.375 e. The van der Waals surface area contributed by atoms with Gasteiger partial charge in [-0.25, -0.2) is 0 Å². The third-order valence-electron chi connectivity index (χ3n) is 3.64. The first-order chi connectivity index (χ1) is 7.65. The molecule has 16 heavy (non-hydrogen) atoms. The monoisotopic (exact) mass is 238 g/mol. The van der Waals surface area contributed by atoms with Crippen LogP contribution in [0.3, 0.4) is 0 Å². The summed E-state index contributed by atoms with van der Waals surface area (Å²) in [5.41, 5.74) is 7.46. The van der Waals surface area contributed by atoms with Gasteiger partial charge in [0, 0.05) is 24.3 Å². The zero-order valence-corrected chi connectivity index (χ0v) is 10.5. The molecule has 0 amide bonds. The van der Waals surface area contributed by atoms with E-state index in [1.165, 1.54) is 24.9 Å². The molecule has 0 unspecified atom stereocenters. The molecular formula is C13H19ClN2. The van der Waals surface area contributed by atoms with Gasteiger partial charge in [0.1, 0.15) is 0 Å². The molecule has 0 aliphatic heterocycles. The number of halogens is 1. The standard InChI is InChI=1S/C13H19ClN2/c1-16(9-8-13(10-15)6-7-13)12-4-2-11(14)3-5-12/h2-5H,6-10,15H2,1H3. The van der Waals surface area contributed by atoms with Crippen LogP contribution < -0.4 is 10.6 Å². The lowest BCUT2D eigenvalue weighted by atomic mass is 10.0. The Morgan fingerprint density at radius 1 is 1.31 bits per heavy atom. The lowest BCUT2D eigenvalue weighted by molar-refractivity contribution is 0.481. The van der Waals surface area contributed by atoms with Gasteiger partial charge in [-0.2, -0.15) is 0 Å². The van der Waals surface area contributed by atoms with Gasteiger partial charge < -0.3 is 10.6 Å². The van der Waals surface area contributed by atoms with Gasteiger partial charge in [-0.15, -0.1) is 0 Å². The van der Waals surface area contributed by atoms with Crippen LogP contribution in [0.25, 0.3) is 0 Å². The number of anilines is 1. The number of benzene rings is 1. The maximum Gasteiger partial charge on any atom is 0.0407 e. The molecular weight excluding hydrogens is 220 g/mol. The van der Waals surface area contributed by atoms with Crippen molar-refractivity contribution >= 4 is 17.3 Å². The summed E-state index contributed by atoms with van der Waals surface area (Å²) >= 11 is 5.86. The highest BCUT2D eigenvalue weighted by Crippen LogP contribution is 2.47. The fourth-order valence-corrected chi connectivity index (χ4v) is 2.09. The highest BCUT2D eigenvalue weighted by Gasteiger charge is 2.40. The average molecular weight is 239 g/mol. The van der Waals surface area contributed by atoms with Crippen molar-refractivity contribution in [2.24, 2.45) is 11.1 Å². The van der Waals surface area contributed by atoms with Gasteiger partial charge >= 0.3 is 0 Å². The first kappa shape index (κ1) is 11.7. The van der Waals surface area contributed by atoms with Crippen LogP contribution in [0.5, 0.6) is 0 Å². The summed E-state index contributed by atoms with van der Waals surface area (Å²) in [6.07, 6.45) is 3.80. The molecule has 1 aliphatic carbocycles. The number of nitrogens with zero attached hydrogens (tertiary/aromatic N) is 1. The van der Waals surface area contributed by atoms with Crippen LogP contribution >= 0.6 is 11.6 Å². The molecule has 1 aromatic carbocycles. The van der Waals surface area contributed by atoms with Crippen molar-refractivity contribution in [1.82, 2.24) is 0 Å². The second-order valence-corrected chi connectivity index (χ2v) is 5.29. The highest BCUT2D eigenvalue weighted by atomic mass is 35.5. The molecule has 0 saturated heterocycles. The molecule has 2 rings (SSSR count). The molecule has 0 aromatic heterocycles. The second kappa shape index (κ2) is 4.64. The van der Waals surface area contributed by atoms with Crippen molar-refractivity contribution in [3.63, 3.8) is 0 Å². The predicted octanol–water partition coefficient (Wildman–Crippen LogP) is 2.91. The van der Waals surface area contributed by atoms with E-state index in [1.54, 1.807) is 0 Å². The summed E-state index contributed by atoms with van der Waals surface area (Å²) in [6.45, 7) is 1.90. The van der Waals surface area contributed by atoms with Gasteiger partial charge in [-0.05, 0) is 55.5 Å². The first-order valence-electron chi connectivity index (χ1n) is 5.82. The Hall–Kier alpha value is -0.730. The Labute approximate surface area is 102 Å². The SMILES string of the molecule is CN(CCC1(CN)CC1)c1ccc(Cl)cc1. The minimum atomic E-state index is 0.459. The Kier molecular flexibility index (Phi) is 3.41. The fourth-order valence-electron chi connectivity index (χ4n) is 1.96. The van der Waals surface area contributed by atoms with E-state index in [-0.39, 0.29) is 0 Å². The zero-order chi connectivity index (χ0) is 11.6. The molecule has 0 spiro atoms. The van der Waals surface area contributed by atoms with Gasteiger partial charge in [0.15, 0.2) is 0 Å². The molecule has 1 saturated carbocycles. The molecule has 2 N–H and O–H groups in total. The Bertz CT molecular complexity index is 343. The molecule has 88 valence electrons. The molecule has 0 bridgehead atoms. The molecule has 2 nitrogen and oxygen atoms in total. The minimum absolute atomic E-state index is 0.459. The van der Waals surface area contributed by atoms with Gasteiger partial charge in [0.2, 0.25) is 0 Å². The van der Waals surface area contributed by atoms with E-state index in [0.29, 0.717) is 5.41 Å². The van der Waals surface area contributed by atoms with E-state index >= 15 is 0 Å². The van der Waals surface area contributed by atoms with Gasteiger partial charge in [0.25, 0.3) is 0 Å². The van der Waals surface area contributed by atoms with Crippen molar-refractivity contribution in [2.45, 2.75) is 19.3 Å². The van der Waals surface area contributed by atoms with Crippen LogP contribution in [0.2, 0.25) is 5.02 Å². The number of hydrogen-bond donors (Lipinski definition) is 1. The highest BCUT2D eigenvalue weighted by molar-refractivity contribution is 6.30. The van der Waals surface area contributed by atoms with E-state index in [1.807, 2.05) is 12.1 Å². The Morgan fingerprint density at radius 2 is 1.94 bits per heavy atom. The predicted molar refractivity (Wildman–Crippen MR) is 70.1 cm³/mol. The van der Waals surface area contributed by atoms with Crippen LogP contribution in [0.4, 0.5) is 5.69 Å². The molecule has 0 radical (unpaired) electrons. The number of rotatable bonds is 5. The van der Waals surface area contributed by atoms with Crippen LogP contribution in [-0.4, -0.2) is 20.1 Å². The van der Waals surface area contributed by atoms with Gasteiger partial charge in [0.05, 0.1) is 0 Å². The summed E-state index contributed by atoms with van der Waals surface area (Å²) in [4.78, 5) is 2.27. The van der Waals surface area contributed by atoms with E-state index in [4.69, 9.17) is 17.3 Å². The van der Waals surface area contributed by atoms with E-state index in [2.05, 4.69) is 24.1 Å². The van der Waals surface area contributed by atoms with E-state index < -0.39 is 0 Å². The summed E-state index contributed by atoms with van der Waals surface area (Å²) < 4.78 is 0. The van der Waals surface area contributed by atoms with Crippen molar-refractivity contribution < 1.29 is 0 Å². The Morgan fingerprint density at radius 3 is 2.44 bits per heavy atom. The normalized spacial score (nSPS) is 17.2. The van der Waals surface area contributed by atoms with Crippen molar-refractivity contribution in [3.8, 4) is 0 Å². The zero-order valence-electron chi connectivity index (χ0n) is 9.75. The minimum Gasteiger partial charge on any atom is -0.375 e. The molecule has 0 heterocycles. The summed E-state index contributed by atoms with van der Waals surface area (Å²) in [7, 11) is 2.12. The summed E-state index contributed by atoms with van der Waals surface area (Å²) in [5, 5.41) is 0.790. The van der Waals surface area contributed by atoms with Crippen LogP contribution in [0.1, 0.15) is 19.3 Å². The quantitative estimate of drug-likeness (QED) is 0.855. The van der Waals surface area contributed by atoms with E-state index in [0.717, 1.165) is 18.1 Å². The fraction of sp³-hybridized carbons (Fsp3) is 0.538. The summed E-state index contributed by atoms with van der Waals surface area (Å²) in [6, 6.07) is 7.99. The Balaban J connectivity index is 1.88. The smallest absolute Gasteiger partial charge is 0.0407 e. The van der Waals surface area contributed by atoms with Crippen molar-refractivity contribution in [1.29, 1.82) is 0 Å². The molecule has 1 aliphatic rings. The van der Waals surface area contributed by atoms with Crippen LogP contribution in [0.15, 0.2) is 24.3 Å². The van der Waals surface area contributed by atoms with Crippen molar-refractivity contribution in [3.05, 3.63) is 29.3 Å². The summed E-state index contributed by atoms with van der Waals surface area (Å²) in [5.74, 6) is 0. The lowest BCUT2D eigenvalue weighted by Gasteiger charge is -2.22. The van der Waals surface area contributed by atoms with Crippen LogP contribution in [-0.2, 0) is 0 Å². The topological polar surface area (TPSA) is 29.3 Å². The lowest BCUT2D eigenvalue weighted by Crippen LogP contribution is -2.25. The number of hydrogen-bond acceptors (Lipinski definition) is 2. The van der Waals surface area contributed by atoms with Gasteiger partial charge in [-0.3, -0.25) is 0 Å². The molecule has 0 atom stereocenters. The maximum atomic E-state index is 5.86. The van der Waals surface area contributed by atoms with Crippen LogP contribution in [0, 0.1) is 5.41 Å².